The molecule has 0 amide bonds. The van der Waals surface area contributed by atoms with Crippen LogP contribution in [-0.2, 0) is 0 Å². The Morgan fingerprint density at radius 3 is 2.67 bits per heavy atom. The van der Waals surface area contributed by atoms with Crippen LogP contribution in [0.2, 0.25) is 0 Å². The summed E-state index contributed by atoms with van der Waals surface area (Å²) in [6.07, 6.45) is 5.57. The van der Waals surface area contributed by atoms with Crippen molar-refractivity contribution in [2.45, 2.75) is 32.7 Å². The van der Waals surface area contributed by atoms with Crippen molar-refractivity contribution in [3.63, 3.8) is 0 Å². The van der Waals surface area contributed by atoms with Crippen molar-refractivity contribution in [1.29, 1.82) is 0 Å². The van der Waals surface area contributed by atoms with Gasteiger partial charge in [-0.2, -0.15) is 0 Å². The zero-order valence-electron chi connectivity index (χ0n) is 10.9. The van der Waals surface area contributed by atoms with Gasteiger partial charge in [0.05, 0.1) is 11.0 Å². The maximum absolute atomic E-state index is 5.68. The Balaban J connectivity index is 2.32. The topological polar surface area (TPSA) is 63.8 Å². The van der Waals surface area contributed by atoms with Gasteiger partial charge >= 0.3 is 0 Å². The maximum atomic E-state index is 5.68. The smallest absolute Gasteiger partial charge is 0.0935 e. The van der Waals surface area contributed by atoms with E-state index in [1.165, 1.54) is 0 Å². The molecule has 0 saturated heterocycles. The van der Waals surface area contributed by atoms with Gasteiger partial charge in [-0.05, 0) is 30.4 Å². The van der Waals surface area contributed by atoms with Gasteiger partial charge in [0, 0.05) is 18.4 Å². The van der Waals surface area contributed by atoms with Crippen molar-refractivity contribution >= 4 is 11.0 Å². The van der Waals surface area contributed by atoms with E-state index in [9.17, 15) is 0 Å². The quantitative estimate of drug-likeness (QED) is 0.626. The van der Waals surface area contributed by atoms with E-state index < -0.39 is 0 Å². The Morgan fingerprint density at radius 2 is 1.94 bits per heavy atom. The van der Waals surface area contributed by atoms with Crippen LogP contribution in [0.3, 0.4) is 0 Å². The van der Waals surface area contributed by atoms with Crippen LogP contribution in [0.4, 0.5) is 0 Å². The molecule has 0 aliphatic rings. The molecule has 0 spiro atoms. The molecule has 1 unspecified atom stereocenters. The molecule has 4 nitrogen and oxygen atoms in total. The van der Waals surface area contributed by atoms with Gasteiger partial charge in [0.25, 0.3) is 0 Å². The molecule has 2 aromatic rings. The number of hydrazine groups is 1. The van der Waals surface area contributed by atoms with Crippen molar-refractivity contribution in [2.75, 3.05) is 0 Å². The number of aromatic nitrogens is 2. The normalized spacial score (nSPS) is 13.1. The minimum atomic E-state index is 0.132. The second-order valence-electron chi connectivity index (χ2n) is 4.96. The highest BCUT2D eigenvalue weighted by atomic mass is 15.2. The average Bonchev–Trinajstić information content (AvgIpc) is 2.39. The van der Waals surface area contributed by atoms with Gasteiger partial charge in [-0.15, -0.1) is 0 Å². The van der Waals surface area contributed by atoms with Crippen molar-refractivity contribution in [1.82, 2.24) is 15.4 Å². The number of benzene rings is 1. The number of nitrogens with two attached hydrogens (primary N) is 1. The summed E-state index contributed by atoms with van der Waals surface area (Å²) in [5.74, 6) is 6.35. The molecule has 0 bridgehead atoms. The molecule has 4 heteroatoms. The lowest BCUT2D eigenvalue weighted by Gasteiger charge is -2.18. The lowest BCUT2D eigenvalue weighted by atomic mass is 9.97. The molecule has 1 heterocycles. The first-order valence-corrected chi connectivity index (χ1v) is 6.38. The molecule has 96 valence electrons. The fourth-order valence-electron chi connectivity index (χ4n) is 2.12. The van der Waals surface area contributed by atoms with Crippen molar-refractivity contribution in [2.24, 2.45) is 11.8 Å². The van der Waals surface area contributed by atoms with E-state index in [-0.39, 0.29) is 6.04 Å². The highest BCUT2D eigenvalue weighted by Gasteiger charge is 2.14. The minimum Gasteiger partial charge on any atom is -0.271 e. The SMILES string of the molecule is CC(C)CCC(NN)c1cccc2nccnc12. The van der Waals surface area contributed by atoms with Crippen LogP contribution in [0.5, 0.6) is 0 Å². The van der Waals surface area contributed by atoms with Gasteiger partial charge in [0.2, 0.25) is 0 Å². The first-order valence-electron chi connectivity index (χ1n) is 6.38. The molecule has 1 atom stereocenters. The van der Waals surface area contributed by atoms with E-state index in [2.05, 4.69) is 35.3 Å². The van der Waals surface area contributed by atoms with E-state index in [0.29, 0.717) is 5.92 Å². The number of hydrogen-bond donors (Lipinski definition) is 2. The highest BCUT2D eigenvalue weighted by Crippen LogP contribution is 2.25. The molecular formula is C14H20N4. The van der Waals surface area contributed by atoms with Crippen molar-refractivity contribution in [3.05, 3.63) is 36.2 Å². The fourth-order valence-corrected chi connectivity index (χ4v) is 2.12. The van der Waals surface area contributed by atoms with Crippen molar-refractivity contribution in [3.8, 4) is 0 Å². The molecule has 0 fully saturated rings. The van der Waals surface area contributed by atoms with Crippen LogP contribution >= 0.6 is 0 Å². The zero-order valence-corrected chi connectivity index (χ0v) is 10.9. The summed E-state index contributed by atoms with van der Waals surface area (Å²) in [5, 5.41) is 0. The predicted molar refractivity (Wildman–Crippen MR) is 73.7 cm³/mol. The van der Waals surface area contributed by atoms with Gasteiger partial charge in [0.15, 0.2) is 0 Å². The summed E-state index contributed by atoms with van der Waals surface area (Å²) in [6.45, 7) is 4.44. The molecule has 0 radical (unpaired) electrons. The van der Waals surface area contributed by atoms with Crippen LogP contribution in [0.25, 0.3) is 11.0 Å². The standard InChI is InChI=1S/C14H20N4/c1-10(2)6-7-12(18-15)11-4-3-5-13-14(11)17-9-8-16-13/h3-5,8-10,12,18H,6-7,15H2,1-2H3. The molecule has 0 aliphatic heterocycles. The van der Waals surface area contributed by atoms with Gasteiger partial charge in [-0.3, -0.25) is 21.2 Å². The summed E-state index contributed by atoms with van der Waals surface area (Å²) in [6, 6.07) is 6.18. The molecule has 1 aromatic heterocycles. The highest BCUT2D eigenvalue weighted by molar-refractivity contribution is 5.78. The van der Waals surface area contributed by atoms with Crippen LogP contribution in [0.1, 0.15) is 38.3 Å². The number of nitrogens with one attached hydrogen (secondary N) is 1. The predicted octanol–water partition coefficient (Wildman–Crippen LogP) is 2.57. The summed E-state index contributed by atoms with van der Waals surface area (Å²) >= 11 is 0. The Hall–Kier alpha value is -1.52. The monoisotopic (exact) mass is 244 g/mol. The number of rotatable bonds is 5. The van der Waals surface area contributed by atoms with Crippen molar-refractivity contribution < 1.29 is 0 Å². The number of para-hydroxylation sites is 1. The van der Waals surface area contributed by atoms with E-state index in [4.69, 9.17) is 5.84 Å². The first-order chi connectivity index (χ1) is 8.72. The minimum absolute atomic E-state index is 0.132. The van der Waals surface area contributed by atoms with Crippen LogP contribution < -0.4 is 11.3 Å². The van der Waals surface area contributed by atoms with Gasteiger partial charge < -0.3 is 0 Å². The van der Waals surface area contributed by atoms with Gasteiger partial charge in [-0.25, -0.2) is 0 Å². The third-order valence-electron chi connectivity index (χ3n) is 3.14. The summed E-state index contributed by atoms with van der Waals surface area (Å²) in [4.78, 5) is 8.74. The Labute approximate surface area is 108 Å². The summed E-state index contributed by atoms with van der Waals surface area (Å²) in [7, 11) is 0. The van der Waals surface area contributed by atoms with Gasteiger partial charge in [-0.1, -0.05) is 26.0 Å². The lowest BCUT2D eigenvalue weighted by Crippen LogP contribution is -2.28. The molecule has 2 rings (SSSR count). The fraction of sp³-hybridized carbons (Fsp3) is 0.429. The maximum Gasteiger partial charge on any atom is 0.0935 e. The molecule has 0 saturated carbocycles. The molecule has 0 aliphatic carbocycles. The molecule has 1 aromatic carbocycles. The van der Waals surface area contributed by atoms with E-state index in [0.717, 1.165) is 29.4 Å². The zero-order chi connectivity index (χ0) is 13.0. The first kappa shape index (κ1) is 12.9. The van der Waals surface area contributed by atoms with Crippen LogP contribution in [0.15, 0.2) is 30.6 Å². The van der Waals surface area contributed by atoms with Crippen LogP contribution in [-0.4, -0.2) is 9.97 Å². The third kappa shape index (κ3) is 2.83. The second-order valence-corrected chi connectivity index (χ2v) is 4.96. The van der Waals surface area contributed by atoms with E-state index in [1.54, 1.807) is 12.4 Å². The largest absolute Gasteiger partial charge is 0.271 e. The van der Waals surface area contributed by atoms with Crippen LogP contribution in [0, 0.1) is 5.92 Å². The molecular weight excluding hydrogens is 224 g/mol. The molecule has 18 heavy (non-hydrogen) atoms. The third-order valence-corrected chi connectivity index (χ3v) is 3.14. The van der Waals surface area contributed by atoms with E-state index >= 15 is 0 Å². The Kier molecular flexibility index (Phi) is 4.23. The lowest BCUT2D eigenvalue weighted by molar-refractivity contribution is 0.450. The number of nitrogens with zero attached hydrogens (tertiary/aromatic N) is 2. The summed E-state index contributed by atoms with van der Waals surface area (Å²) in [5.41, 5.74) is 5.88. The number of hydrogen-bond acceptors (Lipinski definition) is 4. The van der Waals surface area contributed by atoms with Gasteiger partial charge in [0.1, 0.15) is 0 Å². The molecule has 3 N–H and O–H groups in total. The Morgan fingerprint density at radius 1 is 1.17 bits per heavy atom. The Bertz CT molecular complexity index is 505. The van der Waals surface area contributed by atoms with E-state index in [1.807, 2.05) is 12.1 Å². The average molecular weight is 244 g/mol. The second kappa shape index (κ2) is 5.89. The number of fused-ring (bicyclic) bond motifs is 1. The summed E-state index contributed by atoms with van der Waals surface area (Å²) < 4.78 is 0.